The van der Waals surface area contributed by atoms with Crippen LogP contribution in [-0.2, 0) is 5.41 Å². The fourth-order valence-electron chi connectivity index (χ4n) is 5.87. The summed E-state index contributed by atoms with van der Waals surface area (Å²) < 4.78 is 0. The molecule has 158 valence electrons. The van der Waals surface area contributed by atoms with Gasteiger partial charge in [-0.15, -0.1) is 0 Å². The van der Waals surface area contributed by atoms with E-state index in [4.69, 9.17) is 23.2 Å². The van der Waals surface area contributed by atoms with E-state index in [0.29, 0.717) is 10.0 Å². The minimum Gasteiger partial charge on any atom is -0.309 e. The molecule has 0 radical (unpaired) electrons. The first kappa shape index (κ1) is 19.9. The molecule has 1 spiro atoms. The molecule has 4 aromatic rings. The molecular formula is C29H23Cl2N. The van der Waals surface area contributed by atoms with Crippen LogP contribution in [0.15, 0.2) is 91.0 Å². The Kier molecular flexibility index (Phi) is 4.78. The molecule has 2 aliphatic carbocycles. The number of rotatable bonds is 3. The Labute approximate surface area is 199 Å². The quantitative estimate of drug-likeness (QED) is 0.297. The van der Waals surface area contributed by atoms with Crippen LogP contribution >= 0.6 is 23.2 Å². The van der Waals surface area contributed by atoms with E-state index in [0.717, 1.165) is 11.4 Å². The summed E-state index contributed by atoms with van der Waals surface area (Å²) in [6.45, 7) is 0. The number of halogens is 2. The van der Waals surface area contributed by atoms with Gasteiger partial charge in [0.25, 0.3) is 0 Å². The molecule has 1 nitrogen and oxygen atoms in total. The first-order valence-electron chi connectivity index (χ1n) is 11.2. The van der Waals surface area contributed by atoms with E-state index in [1.54, 1.807) is 0 Å². The Balaban J connectivity index is 1.67. The van der Waals surface area contributed by atoms with Gasteiger partial charge in [-0.25, -0.2) is 0 Å². The number of benzene rings is 4. The van der Waals surface area contributed by atoms with Crippen LogP contribution in [0.5, 0.6) is 0 Å². The van der Waals surface area contributed by atoms with Gasteiger partial charge in [-0.2, -0.15) is 0 Å². The van der Waals surface area contributed by atoms with E-state index in [-0.39, 0.29) is 5.41 Å². The molecule has 0 aromatic heterocycles. The van der Waals surface area contributed by atoms with Crippen molar-refractivity contribution >= 4 is 40.3 Å². The zero-order chi connectivity index (χ0) is 21.7. The molecule has 0 N–H and O–H groups in total. The monoisotopic (exact) mass is 455 g/mol. The van der Waals surface area contributed by atoms with Crippen molar-refractivity contribution in [2.24, 2.45) is 0 Å². The third-order valence-electron chi connectivity index (χ3n) is 7.14. The van der Waals surface area contributed by atoms with Gasteiger partial charge in [-0.05, 0) is 65.4 Å². The molecule has 0 atom stereocenters. The molecule has 32 heavy (non-hydrogen) atoms. The number of hydrogen-bond acceptors (Lipinski definition) is 1. The fourth-order valence-corrected chi connectivity index (χ4v) is 6.25. The van der Waals surface area contributed by atoms with Crippen molar-refractivity contribution in [1.29, 1.82) is 0 Å². The average molecular weight is 456 g/mol. The van der Waals surface area contributed by atoms with Gasteiger partial charge in [-0.1, -0.05) is 96.7 Å². The van der Waals surface area contributed by atoms with Crippen molar-refractivity contribution in [1.82, 2.24) is 0 Å². The lowest BCUT2D eigenvalue weighted by Gasteiger charge is -2.34. The summed E-state index contributed by atoms with van der Waals surface area (Å²) in [6, 6.07) is 32.0. The van der Waals surface area contributed by atoms with Gasteiger partial charge < -0.3 is 4.90 Å². The first-order valence-corrected chi connectivity index (χ1v) is 12.0. The van der Waals surface area contributed by atoms with Crippen molar-refractivity contribution in [2.45, 2.75) is 31.1 Å². The zero-order valence-electron chi connectivity index (χ0n) is 17.7. The van der Waals surface area contributed by atoms with E-state index in [1.165, 1.54) is 53.6 Å². The Morgan fingerprint density at radius 2 is 1.28 bits per heavy atom. The lowest BCUT2D eigenvalue weighted by atomic mass is 9.76. The minimum atomic E-state index is 0.0562. The average Bonchev–Trinajstić information content (AvgIpc) is 3.43. The molecule has 0 saturated heterocycles. The van der Waals surface area contributed by atoms with Crippen molar-refractivity contribution in [3.63, 3.8) is 0 Å². The Morgan fingerprint density at radius 1 is 0.625 bits per heavy atom. The van der Waals surface area contributed by atoms with Gasteiger partial charge in [0.1, 0.15) is 0 Å². The highest BCUT2D eigenvalue weighted by molar-refractivity contribution is 6.44. The van der Waals surface area contributed by atoms with Crippen LogP contribution in [-0.4, -0.2) is 0 Å². The molecule has 0 bridgehead atoms. The normalized spacial score (nSPS) is 15.6. The van der Waals surface area contributed by atoms with E-state index >= 15 is 0 Å². The summed E-state index contributed by atoms with van der Waals surface area (Å²) in [5.41, 5.74) is 8.85. The summed E-state index contributed by atoms with van der Waals surface area (Å²) in [7, 11) is 0. The van der Waals surface area contributed by atoms with Gasteiger partial charge in [0.2, 0.25) is 0 Å². The second-order valence-corrected chi connectivity index (χ2v) is 9.56. The highest BCUT2D eigenvalue weighted by Crippen LogP contribution is 2.60. The molecule has 3 heteroatoms. The number of fused-ring (bicyclic) bond motifs is 5. The molecule has 0 unspecified atom stereocenters. The summed E-state index contributed by atoms with van der Waals surface area (Å²) in [5.74, 6) is 0. The zero-order valence-corrected chi connectivity index (χ0v) is 19.2. The predicted molar refractivity (Wildman–Crippen MR) is 136 cm³/mol. The van der Waals surface area contributed by atoms with Crippen molar-refractivity contribution in [3.05, 3.63) is 112 Å². The highest BCUT2D eigenvalue weighted by Gasteiger charge is 2.47. The SMILES string of the molecule is Clc1cccc(N(c2ccccc2)c2cccc3c2C2(CCCC2)c2ccccc2-3)c1Cl. The van der Waals surface area contributed by atoms with E-state index in [1.807, 2.05) is 18.2 Å². The number of anilines is 3. The summed E-state index contributed by atoms with van der Waals surface area (Å²) >= 11 is 13.3. The maximum absolute atomic E-state index is 6.81. The van der Waals surface area contributed by atoms with Crippen LogP contribution in [0.3, 0.4) is 0 Å². The number of para-hydroxylation sites is 1. The maximum Gasteiger partial charge on any atom is 0.0832 e. The number of hydrogen-bond donors (Lipinski definition) is 0. The van der Waals surface area contributed by atoms with E-state index < -0.39 is 0 Å². The van der Waals surface area contributed by atoms with Crippen LogP contribution in [0.4, 0.5) is 17.1 Å². The van der Waals surface area contributed by atoms with Crippen LogP contribution in [0.2, 0.25) is 10.0 Å². The Hall–Kier alpha value is -2.74. The summed E-state index contributed by atoms with van der Waals surface area (Å²) in [6.07, 6.45) is 4.87. The lowest BCUT2D eigenvalue weighted by Crippen LogP contribution is -2.24. The van der Waals surface area contributed by atoms with Gasteiger partial charge in [0.05, 0.1) is 21.4 Å². The van der Waals surface area contributed by atoms with E-state index in [9.17, 15) is 0 Å². The lowest BCUT2D eigenvalue weighted by molar-refractivity contribution is 0.550. The van der Waals surface area contributed by atoms with Crippen LogP contribution in [0, 0.1) is 0 Å². The topological polar surface area (TPSA) is 3.24 Å². The van der Waals surface area contributed by atoms with Crippen LogP contribution in [0.25, 0.3) is 11.1 Å². The number of nitrogens with zero attached hydrogens (tertiary/aromatic N) is 1. The molecular weight excluding hydrogens is 433 g/mol. The molecule has 0 aliphatic heterocycles. The van der Waals surface area contributed by atoms with Crippen LogP contribution in [0.1, 0.15) is 36.8 Å². The second-order valence-electron chi connectivity index (χ2n) is 8.78. The summed E-state index contributed by atoms with van der Waals surface area (Å²) in [5, 5.41) is 1.14. The predicted octanol–water partition coefficient (Wildman–Crippen LogP) is 9.30. The Bertz CT molecular complexity index is 1310. The van der Waals surface area contributed by atoms with Gasteiger partial charge in [-0.3, -0.25) is 0 Å². The Morgan fingerprint density at radius 3 is 2.09 bits per heavy atom. The molecule has 2 aliphatic rings. The smallest absolute Gasteiger partial charge is 0.0832 e. The highest BCUT2D eigenvalue weighted by atomic mass is 35.5. The molecule has 0 amide bonds. The molecule has 6 rings (SSSR count). The molecule has 1 saturated carbocycles. The van der Waals surface area contributed by atoms with Gasteiger partial charge >= 0.3 is 0 Å². The standard InChI is InChI=1S/C29H23Cl2N/c30-24-15-9-17-26(28(24)31)32(20-10-2-1-3-11-20)25-16-8-13-22-21-12-4-5-14-23(21)29(27(22)25)18-6-7-19-29/h1-5,8-17H,6-7,18-19H2. The third-order valence-corrected chi connectivity index (χ3v) is 7.95. The van der Waals surface area contributed by atoms with Gasteiger partial charge in [0, 0.05) is 11.1 Å². The molecule has 1 fully saturated rings. The first-order chi connectivity index (χ1) is 15.7. The van der Waals surface area contributed by atoms with Crippen molar-refractivity contribution in [3.8, 4) is 11.1 Å². The van der Waals surface area contributed by atoms with E-state index in [2.05, 4.69) is 77.7 Å². The third kappa shape index (κ3) is 2.85. The molecule has 0 heterocycles. The minimum absolute atomic E-state index is 0.0562. The van der Waals surface area contributed by atoms with Crippen molar-refractivity contribution < 1.29 is 0 Å². The maximum atomic E-state index is 6.81. The van der Waals surface area contributed by atoms with Crippen LogP contribution < -0.4 is 4.90 Å². The second kappa shape index (κ2) is 7.69. The summed E-state index contributed by atoms with van der Waals surface area (Å²) in [4.78, 5) is 2.29. The molecule has 4 aromatic carbocycles. The largest absolute Gasteiger partial charge is 0.309 e. The van der Waals surface area contributed by atoms with Gasteiger partial charge in [0.15, 0.2) is 0 Å². The van der Waals surface area contributed by atoms with Crippen molar-refractivity contribution in [2.75, 3.05) is 4.90 Å². The fraction of sp³-hybridized carbons (Fsp3) is 0.172.